The highest BCUT2D eigenvalue weighted by Gasteiger charge is 2.10. The minimum Gasteiger partial charge on any atom is -0.490 e. The lowest BCUT2D eigenvalue weighted by molar-refractivity contribution is -0.126. The molecule has 0 radical (unpaired) electrons. The maximum atomic E-state index is 12.0. The number of hydrogen-bond donors (Lipinski definition) is 2. The molecule has 30 heavy (non-hydrogen) atoms. The highest BCUT2D eigenvalue weighted by Crippen LogP contribution is 2.28. The smallest absolute Gasteiger partial charge is 0.249 e. The van der Waals surface area contributed by atoms with Crippen molar-refractivity contribution in [2.24, 2.45) is 5.10 Å². The van der Waals surface area contributed by atoms with Gasteiger partial charge >= 0.3 is 0 Å². The maximum absolute atomic E-state index is 12.0. The molecule has 2 amide bonds. The Kier molecular flexibility index (Phi) is 8.87. The molecule has 0 bridgehead atoms. The molecule has 0 aliphatic rings. The third kappa shape index (κ3) is 7.24. The molecule has 0 aliphatic heterocycles. The van der Waals surface area contributed by atoms with Crippen LogP contribution in [0.15, 0.2) is 41.5 Å². The fourth-order valence-corrected chi connectivity index (χ4v) is 2.59. The number of nitrogens with zero attached hydrogens (tertiary/aromatic N) is 1. The van der Waals surface area contributed by atoms with Crippen molar-refractivity contribution < 1.29 is 19.1 Å². The Bertz CT molecular complexity index is 909. The number of carbonyl (C=O) groups excluding carboxylic acids is 2. The standard InChI is InChI=1S/C23H29N3O4/c1-5-11-30-20-10-8-18(13-21(20)29-6-2)15-24-26-23(28)14-22(27)25-19-9-7-16(3)17(4)12-19/h7-10,12-13,15H,5-6,11,14H2,1-4H3,(H,25,27)(H,26,28). The van der Waals surface area contributed by atoms with Crippen LogP contribution in [0.4, 0.5) is 5.69 Å². The predicted octanol–water partition coefficient (Wildman–Crippen LogP) is 3.97. The molecule has 0 spiro atoms. The van der Waals surface area contributed by atoms with E-state index in [0.29, 0.717) is 30.4 Å². The van der Waals surface area contributed by atoms with Crippen molar-refractivity contribution in [2.75, 3.05) is 18.5 Å². The molecule has 0 unspecified atom stereocenters. The first-order chi connectivity index (χ1) is 14.4. The van der Waals surface area contributed by atoms with E-state index in [0.717, 1.165) is 23.1 Å². The lowest BCUT2D eigenvalue weighted by Gasteiger charge is -2.11. The fourth-order valence-electron chi connectivity index (χ4n) is 2.59. The van der Waals surface area contributed by atoms with E-state index in [1.165, 1.54) is 6.21 Å². The van der Waals surface area contributed by atoms with Gasteiger partial charge < -0.3 is 14.8 Å². The third-order valence-electron chi connectivity index (χ3n) is 4.24. The number of ether oxygens (including phenoxy) is 2. The summed E-state index contributed by atoms with van der Waals surface area (Å²) in [6.45, 7) is 9.00. The van der Waals surface area contributed by atoms with Gasteiger partial charge in [0.2, 0.25) is 11.8 Å². The number of benzene rings is 2. The van der Waals surface area contributed by atoms with Crippen molar-refractivity contribution in [1.29, 1.82) is 0 Å². The lowest BCUT2D eigenvalue weighted by atomic mass is 10.1. The number of hydrogen-bond acceptors (Lipinski definition) is 5. The van der Waals surface area contributed by atoms with Crippen LogP contribution in [0.25, 0.3) is 0 Å². The minimum absolute atomic E-state index is 0.321. The van der Waals surface area contributed by atoms with Crippen LogP contribution < -0.4 is 20.2 Å². The van der Waals surface area contributed by atoms with Gasteiger partial charge in [-0.1, -0.05) is 13.0 Å². The Balaban J connectivity index is 1.89. The third-order valence-corrected chi connectivity index (χ3v) is 4.24. The molecule has 0 saturated carbocycles. The normalized spacial score (nSPS) is 10.7. The van der Waals surface area contributed by atoms with Crippen LogP contribution in [0.3, 0.4) is 0 Å². The largest absolute Gasteiger partial charge is 0.490 e. The zero-order chi connectivity index (χ0) is 21.9. The molecule has 0 aromatic heterocycles. The molecular formula is C23H29N3O4. The second-order valence-corrected chi connectivity index (χ2v) is 6.80. The van der Waals surface area contributed by atoms with Gasteiger partial charge in [-0.25, -0.2) is 5.43 Å². The summed E-state index contributed by atoms with van der Waals surface area (Å²) >= 11 is 0. The van der Waals surface area contributed by atoms with Crippen LogP contribution in [0, 0.1) is 13.8 Å². The van der Waals surface area contributed by atoms with E-state index >= 15 is 0 Å². The number of anilines is 1. The topological polar surface area (TPSA) is 89.0 Å². The number of carbonyl (C=O) groups is 2. The SMILES string of the molecule is CCCOc1ccc(C=NNC(=O)CC(=O)Nc2ccc(C)c(C)c2)cc1OCC. The Morgan fingerprint density at radius 1 is 0.967 bits per heavy atom. The molecule has 0 atom stereocenters. The first-order valence-corrected chi connectivity index (χ1v) is 10.0. The van der Waals surface area contributed by atoms with Crippen LogP contribution in [0.5, 0.6) is 11.5 Å². The molecule has 2 N–H and O–H groups in total. The predicted molar refractivity (Wildman–Crippen MR) is 118 cm³/mol. The molecule has 0 heterocycles. The van der Waals surface area contributed by atoms with Crippen LogP contribution in [0.1, 0.15) is 43.4 Å². The monoisotopic (exact) mass is 411 g/mol. The average molecular weight is 412 g/mol. The van der Waals surface area contributed by atoms with Gasteiger partial charge in [-0.05, 0) is 74.2 Å². The number of hydrazone groups is 1. The van der Waals surface area contributed by atoms with Gasteiger partial charge in [0, 0.05) is 5.69 Å². The van der Waals surface area contributed by atoms with Crippen LogP contribution >= 0.6 is 0 Å². The van der Waals surface area contributed by atoms with E-state index in [2.05, 4.69) is 15.8 Å². The quantitative estimate of drug-likeness (QED) is 0.352. The second-order valence-electron chi connectivity index (χ2n) is 6.80. The van der Waals surface area contributed by atoms with Crippen molar-refractivity contribution >= 4 is 23.7 Å². The summed E-state index contributed by atoms with van der Waals surface area (Å²) in [5.41, 5.74) is 5.97. The van der Waals surface area contributed by atoms with E-state index in [-0.39, 0.29) is 6.42 Å². The molecule has 7 heteroatoms. The number of rotatable bonds is 10. The Morgan fingerprint density at radius 3 is 2.47 bits per heavy atom. The Morgan fingerprint density at radius 2 is 1.77 bits per heavy atom. The van der Waals surface area contributed by atoms with Crippen molar-refractivity contribution in [1.82, 2.24) is 5.43 Å². The summed E-state index contributed by atoms with van der Waals surface area (Å²) in [6, 6.07) is 11.0. The van der Waals surface area contributed by atoms with Gasteiger partial charge in [0.1, 0.15) is 6.42 Å². The highest BCUT2D eigenvalue weighted by molar-refractivity contribution is 6.03. The molecule has 0 saturated heterocycles. The van der Waals surface area contributed by atoms with E-state index in [4.69, 9.17) is 9.47 Å². The number of amides is 2. The van der Waals surface area contributed by atoms with Crippen molar-refractivity contribution in [3.05, 3.63) is 53.1 Å². The lowest BCUT2D eigenvalue weighted by Crippen LogP contribution is -2.24. The van der Waals surface area contributed by atoms with Gasteiger partial charge in [-0.2, -0.15) is 5.10 Å². The first-order valence-electron chi connectivity index (χ1n) is 10.0. The van der Waals surface area contributed by atoms with Gasteiger partial charge in [-0.3, -0.25) is 9.59 Å². The van der Waals surface area contributed by atoms with Gasteiger partial charge in [-0.15, -0.1) is 0 Å². The van der Waals surface area contributed by atoms with E-state index in [9.17, 15) is 9.59 Å². The molecule has 2 aromatic carbocycles. The molecule has 160 valence electrons. The zero-order valence-electron chi connectivity index (χ0n) is 18.0. The van der Waals surface area contributed by atoms with Crippen LogP contribution in [0.2, 0.25) is 0 Å². The molecule has 7 nitrogen and oxygen atoms in total. The Labute approximate surface area is 177 Å². The van der Waals surface area contributed by atoms with Crippen LogP contribution in [-0.2, 0) is 9.59 Å². The highest BCUT2D eigenvalue weighted by atomic mass is 16.5. The van der Waals surface area contributed by atoms with Gasteiger partial charge in [0.25, 0.3) is 0 Å². The Hall–Kier alpha value is -3.35. The molecule has 2 rings (SSSR count). The first kappa shape index (κ1) is 22.9. The number of nitrogens with one attached hydrogen (secondary N) is 2. The summed E-state index contributed by atoms with van der Waals surface area (Å²) in [7, 11) is 0. The molecular weight excluding hydrogens is 382 g/mol. The second kappa shape index (κ2) is 11.6. The molecule has 0 fully saturated rings. The van der Waals surface area contributed by atoms with E-state index in [1.54, 1.807) is 18.2 Å². The maximum Gasteiger partial charge on any atom is 0.249 e. The van der Waals surface area contributed by atoms with Crippen molar-refractivity contribution in [3.63, 3.8) is 0 Å². The minimum atomic E-state index is -0.500. The summed E-state index contributed by atoms with van der Waals surface area (Å²) < 4.78 is 11.3. The summed E-state index contributed by atoms with van der Waals surface area (Å²) in [5.74, 6) is 0.388. The van der Waals surface area contributed by atoms with E-state index < -0.39 is 11.8 Å². The summed E-state index contributed by atoms with van der Waals surface area (Å²) in [5, 5.41) is 6.63. The van der Waals surface area contributed by atoms with E-state index in [1.807, 2.05) is 45.9 Å². The van der Waals surface area contributed by atoms with Crippen molar-refractivity contribution in [3.8, 4) is 11.5 Å². The summed E-state index contributed by atoms with van der Waals surface area (Å²) in [4.78, 5) is 24.0. The average Bonchev–Trinajstić information content (AvgIpc) is 2.70. The van der Waals surface area contributed by atoms with Gasteiger partial charge in [0.15, 0.2) is 11.5 Å². The summed E-state index contributed by atoms with van der Waals surface area (Å²) in [6.07, 6.45) is 2.07. The fraction of sp³-hybridized carbons (Fsp3) is 0.348. The zero-order valence-corrected chi connectivity index (χ0v) is 18.0. The van der Waals surface area contributed by atoms with Crippen molar-refractivity contribution in [2.45, 2.75) is 40.5 Å². The molecule has 2 aromatic rings. The number of aryl methyl sites for hydroxylation is 2. The molecule has 0 aliphatic carbocycles. The van der Waals surface area contributed by atoms with Crippen LogP contribution in [-0.4, -0.2) is 31.2 Å². The van der Waals surface area contributed by atoms with Gasteiger partial charge in [0.05, 0.1) is 19.4 Å².